The van der Waals surface area contributed by atoms with Gasteiger partial charge in [-0.15, -0.1) is 0 Å². The van der Waals surface area contributed by atoms with E-state index in [0.29, 0.717) is 6.04 Å². The van der Waals surface area contributed by atoms with E-state index in [9.17, 15) is 0 Å². The summed E-state index contributed by atoms with van der Waals surface area (Å²) in [6, 6.07) is 0.510. The Morgan fingerprint density at radius 3 is 2.88 bits per heavy atom. The van der Waals surface area contributed by atoms with Gasteiger partial charge in [-0.3, -0.25) is 4.68 Å². The minimum Gasteiger partial charge on any atom is -0.382 e. The number of aryl methyl sites for hydroxylation is 2. The summed E-state index contributed by atoms with van der Waals surface area (Å²) < 4.78 is 7.34. The maximum absolute atomic E-state index is 5.32. The lowest BCUT2D eigenvalue weighted by Crippen LogP contribution is -2.21. The zero-order valence-corrected chi connectivity index (χ0v) is 11.5. The van der Waals surface area contributed by atoms with Crippen molar-refractivity contribution >= 4 is 0 Å². The Bertz CT molecular complexity index is 320. The first kappa shape index (κ1) is 14.2. The van der Waals surface area contributed by atoms with Crippen LogP contribution in [0.15, 0.2) is 6.20 Å². The van der Waals surface area contributed by atoms with Gasteiger partial charge < -0.3 is 10.1 Å². The van der Waals surface area contributed by atoms with Crippen LogP contribution in [0.4, 0.5) is 0 Å². The van der Waals surface area contributed by atoms with Crippen LogP contribution in [0.5, 0.6) is 0 Å². The molecule has 98 valence electrons. The van der Waals surface area contributed by atoms with Crippen LogP contribution in [0.2, 0.25) is 0 Å². The normalized spacial score (nSPS) is 11.4. The van der Waals surface area contributed by atoms with E-state index in [0.717, 1.165) is 38.4 Å². The third kappa shape index (κ3) is 5.33. The van der Waals surface area contributed by atoms with Crippen molar-refractivity contribution in [1.82, 2.24) is 15.1 Å². The van der Waals surface area contributed by atoms with E-state index in [1.165, 1.54) is 5.56 Å². The summed E-state index contributed by atoms with van der Waals surface area (Å²) in [5.74, 6) is 0. The highest BCUT2D eigenvalue weighted by atomic mass is 16.5. The highest BCUT2D eigenvalue weighted by Crippen LogP contribution is 2.06. The molecule has 0 saturated carbocycles. The van der Waals surface area contributed by atoms with Crippen molar-refractivity contribution in [2.24, 2.45) is 0 Å². The molecule has 0 aliphatic carbocycles. The molecule has 0 aliphatic rings. The van der Waals surface area contributed by atoms with Crippen molar-refractivity contribution in [3.8, 4) is 0 Å². The van der Waals surface area contributed by atoms with Crippen LogP contribution in [-0.2, 0) is 17.8 Å². The molecule has 17 heavy (non-hydrogen) atoms. The summed E-state index contributed by atoms with van der Waals surface area (Å²) in [5, 5.41) is 7.92. The summed E-state index contributed by atoms with van der Waals surface area (Å²) in [7, 11) is 0. The third-order valence-electron chi connectivity index (χ3n) is 2.63. The lowest BCUT2D eigenvalue weighted by molar-refractivity contribution is 0.141. The topological polar surface area (TPSA) is 39.1 Å². The van der Waals surface area contributed by atoms with Crippen LogP contribution in [0, 0.1) is 6.92 Å². The largest absolute Gasteiger partial charge is 0.382 e. The Balaban J connectivity index is 2.38. The standard InChI is InChI=1S/C13H25N3O/c1-5-17-8-6-7-16-10-13(12(4)15-16)9-14-11(2)3/h10-11,14H,5-9H2,1-4H3. The van der Waals surface area contributed by atoms with Gasteiger partial charge in [-0.2, -0.15) is 5.10 Å². The predicted octanol–water partition coefficient (Wildman–Crippen LogP) is 2.12. The number of nitrogens with zero attached hydrogens (tertiary/aromatic N) is 2. The van der Waals surface area contributed by atoms with Gasteiger partial charge in [-0.25, -0.2) is 0 Å². The fourth-order valence-electron chi connectivity index (χ4n) is 1.63. The Hall–Kier alpha value is -0.870. The van der Waals surface area contributed by atoms with Gasteiger partial charge >= 0.3 is 0 Å². The zero-order valence-electron chi connectivity index (χ0n) is 11.5. The number of nitrogens with one attached hydrogen (secondary N) is 1. The molecule has 0 aliphatic heterocycles. The van der Waals surface area contributed by atoms with E-state index in [-0.39, 0.29) is 0 Å². The molecule has 0 amide bonds. The van der Waals surface area contributed by atoms with E-state index in [2.05, 4.69) is 37.4 Å². The lowest BCUT2D eigenvalue weighted by Gasteiger charge is -2.06. The van der Waals surface area contributed by atoms with Gasteiger partial charge in [0.1, 0.15) is 0 Å². The molecule has 0 radical (unpaired) electrons. The number of aromatic nitrogens is 2. The van der Waals surface area contributed by atoms with Crippen LogP contribution in [-0.4, -0.2) is 29.0 Å². The molecule has 0 aromatic carbocycles. The first-order chi connectivity index (χ1) is 8.13. The van der Waals surface area contributed by atoms with Crippen molar-refractivity contribution in [3.05, 3.63) is 17.5 Å². The quantitative estimate of drug-likeness (QED) is 0.706. The Kier molecular flexibility index (Phi) is 6.22. The monoisotopic (exact) mass is 239 g/mol. The molecule has 1 N–H and O–H groups in total. The van der Waals surface area contributed by atoms with Gasteiger partial charge in [-0.1, -0.05) is 13.8 Å². The van der Waals surface area contributed by atoms with Crippen molar-refractivity contribution in [1.29, 1.82) is 0 Å². The maximum Gasteiger partial charge on any atom is 0.0638 e. The second-order valence-electron chi connectivity index (χ2n) is 4.59. The molecule has 4 nitrogen and oxygen atoms in total. The Morgan fingerprint density at radius 2 is 2.24 bits per heavy atom. The molecule has 0 spiro atoms. The van der Waals surface area contributed by atoms with Gasteiger partial charge in [-0.05, 0) is 20.3 Å². The van der Waals surface area contributed by atoms with Crippen molar-refractivity contribution in [2.75, 3.05) is 13.2 Å². The van der Waals surface area contributed by atoms with Crippen LogP contribution in [0.25, 0.3) is 0 Å². The molecule has 0 saturated heterocycles. The third-order valence-corrected chi connectivity index (χ3v) is 2.63. The van der Waals surface area contributed by atoms with E-state index in [1.54, 1.807) is 0 Å². The van der Waals surface area contributed by atoms with Crippen LogP contribution in [0.3, 0.4) is 0 Å². The van der Waals surface area contributed by atoms with E-state index >= 15 is 0 Å². The molecule has 1 aromatic rings. The second kappa shape index (κ2) is 7.45. The average molecular weight is 239 g/mol. The first-order valence-corrected chi connectivity index (χ1v) is 6.47. The van der Waals surface area contributed by atoms with Gasteiger partial charge in [0.2, 0.25) is 0 Å². The Labute approximate surface area is 104 Å². The van der Waals surface area contributed by atoms with Gasteiger partial charge in [0.25, 0.3) is 0 Å². The van der Waals surface area contributed by atoms with Gasteiger partial charge in [0.15, 0.2) is 0 Å². The number of rotatable bonds is 8. The van der Waals surface area contributed by atoms with Gasteiger partial charge in [0, 0.05) is 44.1 Å². The van der Waals surface area contributed by atoms with E-state index in [4.69, 9.17) is 4.74 Å². The summed E-state index contributed by atoms with van der Waals surface area (Å²) in [6.45, 7) is 11.8. The highest BCUT2D eigenvalue weighted by molar-refractivity contribution is 5.15. The lowest BCUT2D eigenvalue weighted by atomic mass is 10.2. The summed E-state index contributed by atoms with van der Waals surface area (Å²) >= 11 is 0. The molecule has 4 heteroatoms. The van der Waals surface area contributed by atoms with Crippen molar-refractivity contribution < 1.29 is 4.74 Å². The number of hydrogen-bond donors (Lipinski definition) is 1. The molecule has 0 fully saturated rings. The zero-order chi connectivity index (χ0) is 12.7. The second-order valence-corrected chi connectivity index (χ2v) is 4.59. The molecule has 0 unspecified atom stereocenters. The van der Waals surface area contributed by atoms with E-state index < -0.39 is 0 Å². The minimum atomic E-state index is 0.510. The molecule has 1 heterocycles. The van der Waals surface area contributed by atoms with Crippen LogP contribution >= 0.6 is 0 Å². The summed E-state index contributed by atoms with van der Waals surface area (Å²) in [6.07, 6.45) is 3.16. The molecule has 1 aromatic heterocycles. The minimum absolute atomic E-state index is 0.510. The van der Waals surface area contributed by atoms with Crippen LogP contribution < -0.4 is 5.32 Å². The number of hydrogen-bond acceptors (Lipinski definition) is 3. The highest BCUT2D eigenvalue weighted by Gasteiger charge is 2.05. The Morgan fingerprint density at radius 1 is 1.47 bits per heavy atom. The fraction of sp³-hybridized carbons (Fsp3) is 0.769. The van der Waals surface area contributed by atoms with Crippen LogP contribution in [0.1, 0.15) is 38.4 Å². The fourth-order valence-corrected chi connectivity index (χ4v) is 1.63. The average Bonchev–Trinajstić information content (AvgIpc) is 2.63. The number of ether oxygens (including phenoxy) is 1. The maximum atomic E-state index is 5.32. The van der Waals surface area contributed by atoms with Gasteiger partial charge in [0.05, 0.1) is 5.69 Å². The smallest absolute Gasteiger partial charge is 0.0638 e. The van der Waals surface area contributed by atoms with E-state index in [1.807, 2.05) is 11.6 Å². The molecule has 0 bridgehead atoms. The predicted molar refractivity (Wildman–Crippen MR) is 70.0 cm³/mol. The van der Waals surface area contributed by atoms with Crippen molar-refractivity contribution in [3.63, 3.8) is 0 Å². The molecular weight excluding hydrogens is 214 g/mol. The van der Waals surface area contributed by atoms with Crippen molar-refractivity contribution in [2.45, 2.75) is 53.2 Å². The molecule has 0 atom stereocenters. The SMILES string of the molecule is CCOCCCn1cc(CNC(C)C)c(C)n1. The summed E-state index contributed by atoms with van der Waals surface area (Å²) in [4.78, 5) is 0. The first-order valence-electron chi connectivity index (χ1n) is 6.47. The summed E-state index contributed by atoms with van der Waals surface area (Å²) in [5.41, 5.74) is 2.41. The molecular formula is C13H25N3O. The molecule has 1 rings (SSSR count).